The molecular formula is C12H20IN3S. The van der Waals surface area contributed by atoms with Gasteiger partial charge in [-0.25, -0.2) is 9.97 Å². The normalized spacial score (nSPS) is 10.6. The van der Waals surface area contributed by atoms with Gasteiger partial charge in [-0.15, -0.1) is 0 Å². The van der Waals surface area contributed by atoms with Crippen molar-refractivity contribution in [3.8, 4) is 0 Å². The van der Waals surface area contributed by atoms with E-state index in [-0.39, 0.29) is 0 Å². The van der Waals surface area contributed by atoms with Crippen LogP contribution in [0.4, 0.5) is 5.82 Å². The molecule has 5 heteroatoms. The van der Waals surface area contributed by atoms with Gasteiger partial charge in [-0.3, -0.25) is 0 Å². The lowest BCUT2D eigenvalue weighted by molar-refractivity contribution is 0.846. The summed E-state index contributed by atoms with van der Waals surface area (Å²) < 4.78 is 1.16. The maximum Gasteiger partial charge on any atom is 0.143 e. The molecule has 0 aliphatic heterocycles. The first-order chi connectivity index (χ1) is 8.22. The molecule has 0 saturated heterocycles. The zero-order chi connectivity index (χ0) is 12.7. The molecule has 1 heterocycles. The van der Waals surface area contributed by atoms with Gasteiger partial charge < -0.3 is 5.32 Å². The molecule has 0 unspecified atom stereocenters. The Bertz CT molecular complexity index is 358. The van der Waals surface area contributed by atoms with E-state index in [0.29, 0.717) is 0 Å². The average Bonchev–Trinajstić information content (AvgIpc) is 2.33. The fourth-order valence-electron chi connectivity index (χ4n) is 1.49. The van der Waals surface area contributed by atoms with Crippen LogP contribution < -0.4 is 5.32 Å². The van der Waals surface area contributed by atoms with Crippen molar-refractivity contribution in [1.29, 1.82) is 0 Å². The van der Waals surface area contributed by atoms with Gasteiger partial charge in [-0.05, 0) is 41.2 Å². The molecule has 0 atom stereocenters. The van der Waals surface area contributed by atoms with Gasteiger partial charge in [0.15, 0.2) is 0 Å². The van der Waals surface area contributed by atoms with Crippen LogP contribution in [0.15, 0.2) is 0 Å². The number of anilines is 1. The molecule has 0 bridgehead atoms. The molecular weight excluding hydrogens is 345 g/mol. The first-order valence-electron chi connectivity index (χ1n) is 6.03. The Morgan fingerprint density at radius 2 is 2.00 bits per heavy atom. The number of hydrogen-bond acceptors (Lipinski definition) is 4. The zero-order valence-electron chi connectivity index (χ0n) is 10.7. The van der Waals surface area contributed by atoms with Crippen LogP contribution in [-0.4, -0.2) is 22.8 Å². The van der Waals surface area contributed by atoms with Gasteiger partial charge in [0.05, 0.1) is 15.0 Å². The summed E-state index contributed by atoms with van der Waals surface area (Å²) in [5, 5.41) is 3.16. The minimum Gasteiger partial charge on any atom is -0.372 e. The van der Waals surface area contributed by atoms with Crippen molar-refractivity contribution in [2.45, 2.75) is 38.9 Å². The Kier molecular flexibility index (Phi) is 7.18. The highest BCUT2D eigenvalue weighted by Gasteiger charge is 2.10. The number of hydrogen-bond donors (Lipinski definition) is 1. The molecule has 1 aromatic rings. The SMILES string of the molecule is CCCSCc1nc(CCC)c(I)c(NC)n1. The van der Waals surface area contributed by atoms with E-state index in [0.717, 1.165) is 33.8 Å². The summed E-state index contributed by atoms with van der Waals surface area (Å²) in [5.74, 6) is 4.01. The summed E-state index contributed by atoms with van der Waals surface area (Å²) in [6.45, 7) is 4.38. The predicted molar refractivity (Wildman–Crippen MR) is 84.7 cm³/mol. The van der Waals surface area contributed by atoms with Crippen LogP contribution in [0.1, 0.15) is 38.2 Å². The fraction of sp³-hybridized carbons (Fsp3) is 0.667. The summed E-state index contributed by atoms with van der Waals surface area (Å²) in [7, 11) is 1.92. The van der Waals surface area contributed by atoms with Crippen LogP contribution in [0.25, 0.3) is 0 Å². The van der Waals surface area contributed by atoms with Crippen LogP contribution in [0.2, 0.25) is 0 Å². The monoisotopic (exact) mass is 365 g/mol. The Labute approximate surface area is 122 Å². The van der Waals surface area contributed by atoms with Crippen LogP contribution in [0, 0.1) is 3.57 Å². The Morgan fingerprint density at radius 3 is 2.59 bits per heavy atom. The zero-order valence-corrected chi connectivity index (χ0v) is 13.7. The van der Waals surface area contributed by atoms with Crippen molar-refractivity contribution in [3.63, 3.8) is 0 Å². The van der Waals surface area contributed by atoms with Crippen molar-refractivity contribution >= 4 is 40.2 Å². The van der Waals surface area contributed by atoms with Gasteiger partial charge in [0.2, 0.25) is 0 Å². The van der Waals surface area contributed by atoms with E-state index in [9.17, 15) is 0 Å². The third-order valence-electron chi connectivity index (χ3n) is 2.27. The maximum atomic E-state index is 4.66. The van der Waals surface area contributed by atoms with Crippen LogP contribution in [0.5, 0.6) is 0 Å². The van der Waals surface area contributed by atoms with Crippen molar-refractivity contribution in [1.82, 2.24) is 9.97 Å². The second kappa shape index (κ2) is 8.13. The summed E-state index contributed by atoms with van der Waals surface area (Å²) in [6.07, 6.45) is 3.36. The van der Waals surface area contributed by atoms with Gasteiger partial charge in [-0.2, -0.15) is 11.8 Å². The van der Waals surface area contributed by atoms with E-state index < -0.39 is 0 Å². The van der Waals surface area contributed by atoms with Crippen molar-refractivity contribution in [2.24, 2.45) is 0 Å². The summed E-state index contributed by atoms with van der Waals surface area (Å²) in [6, 6.07) is 0. The molecule has 0 amide bonds. The molecule has 0 fully saturated rings. The molecule has 3 nitrogen and oxygen atoms in total. The number of thioether (sulfide) groups is 1. The van der Waals surface area contributed by atoms with Gasteiger partial charge in [0, 0.05) is 7.05 Å². The molecule has 96 valence electrons. The van der Waals surface area contributed by atoms with E-state index in [2.05, 4.69) is 51.7 Å². The standard InChI is InChI=1S/C12H20IN3S/c1-4-6-9-11(13)12(14-3)16-10(15-9)8-17-7-5-2/h4-8H2,1-3H3,(H,14,15,16). The third-order valence-corrected chi connectivity index (χ3v) is 4.56. The third kappa shape index (κ3) is 4.62. The highest BCUT2D eigenvalue weighted by molar-refractivity contribution is 14.1. The second-order valence-electron chi connectivity index (χ2n) is 3.80. The minimum atomic E-state index is 0.913. The van der Waals surface area contributed by atoms with E-state index in [1.807, 2.05) is 18.8 Å². The van der Waals surface area contributed by atoms with Crippen LogP contribution in [-0.2, 0) is 12.2 Å². The number of aryl methyl sites for hydroxylation is 1. The topological polar surface area (TPSA) is 37.8 Å². The van der Waals surface area contributed by atoms with Gasteiger partial charge in [0.1, 0.15) is 11.6 Å². The highest BCUT2D eigenvalue weighted by atomic mass is 127. The summed E-state index contributed by atoms with van der Waals surface area (Å²) in [5.41, 5.74) is 1.18. The predicted octanol–water partition coefficient (Wildman–Crippen LogP) is 3.72. The first-order valence-corrected chi connectivity index (χ1v) is 8.27. The largest absolute Gasteiger partial charge is 0.372 e. The van der Waals surface area contributed by atoms with Gasteiger partial charge in [0.25, 0.3) is 0 Å². The highest BCUT2D eigenvalue weighted by Crippen LogP contribution is 2.21. The Hall–Kier alpha value is -0.0400. The van der Waals surface area contributed by atoms with E-state index in [1.54, 1.807) is 0 Å². The Morgan fingerprint density at radius 1 is 1.24 bits per heavy atom. The fourth-order valence-corrected chi connectivity index (χ4v) is 3.01. The van der Waals surface area contributed by atoms with Crippen LogP contribution in [0.3, 0.4) is 0 Å². The maximum absolute atomic E-state index is 4.66. The molecule has 0 spiro atoms. The number of aromatic nitrogens is 2. The number of halogens is 1. The van der Waals surface area contributed by atoms with Crippen molar-refractivity contribution in [2.75, 3.05) is 18.1 Å². The molecule has 0 saturated carbocycles. The van der Waals surface area contributed by atoms with E-state index in [4.69, 9.17) is 0 Å². The molecule has 1 rings (SSSR count). The van der Waals surface area contributed by atoms with Crippen molar-refractivity contribution < 1.29 is 0 Å². The smallest absolute Gasteiger partial charge is 0.143 e. The molecule has 17 heavy (non-hydrogen) atoms. The Balaban J connectivity index is 2.86. The molecule has 0 aliphatic rings. The molecule has 0 aliphatic carbocycles. The molecule has 0 radical (unpaired) electrons. The molecule has 0 aromatic carbocycles. The van der Waals surface area contributed by atoms with Crippen LogP contribution >= 0.6 is 34.4 Å². The number of rotatable bonds is 7. The lowest BCUT2D eigenvalue weighted by Crippen LogP contribution is -2.07. The molecule has 1 aromatic heterocycles. The lowest BCUT2D eigenvalue weighted by atomic mass is 10.2. The number of nitrogens with zero attached hydrogens (tertiary/aromatic N) is 2. The second-order valence-corrected chi connectivity index (χ2v) is 5.99. The minimum absolute atomic E-state index is 0.913. The summed E-state index contributed by atoms with van der Waals surface area (Å²) >= 11 is 4.23. The van der Waals surface area contributed by atoms with E-state index >= 15 is 0 Å². The summed E-state index contributed by atoms with van der Waals surface area (Å²) in [4.78, 5) is 9.22. The average molecular weight is 365 g/mol. The quantitative estimate of drug-likeness (QED) is 0.590. The van der Waals surface area contributed by atoms with Gasteiger partial charge in [-0.1, -0.05) is 20.3 Å². The first kappa shape index (κ1) is 15.0. The van der Waals surface area contributed by atoms with Gasteiger partial charge >= 0.3 is 0 Å². The number of nitrogens with one attached hydrogen (secondary N) is 1. The van der Waals surface area contributed by atoms with Crippen molar-refractivity contribution in [3.05, 3.63) is 15.1 Å². The van der Waals surface area contributed by atoms with E-state index in [1.165, 1.54) is 17.9 Å². The lowest BCUT2D eigenvalue weighted by Gasteiger charge is -2.10. The molecule has 1 N–H and O–H groups in total.